The molecule has 1 amide bonds. The number of benzene rings is 1. The van der Waals surface area contributed by atoms with Gasteiger partial charge in [-0.2, -0.15) is 0 Å². The lowest BCUT2D eigenvalue weighted by Crippen LogP contribution is -2.34. The van der Waals surface area contributed by atoms with E-state index in [1.807, 2.05) is 48.9 Å². The van der Waals surface area contributed by atoms with Gasteiger partial charge in [-0.05, 0) is 19.4 Å². The van der Waals surface area contributed by atoms with E-state index in [0.717, 1.165) is 22.9 Å². The Morgan fingerprint density at radius 1 is 1.41 bits per heavy atom. The van der Waals surface area contributed by atoms with Crippen molar-refractivity contribution in [3.63, 3.8) is 0 Å². The van der Waals surface area contributed by atoms with Gasteiger partial charge in [0.05, 0.1) is 5.56 Å². The Labute approximate surface area is 128 Å². The zero-order valence-corrected chi connectivity index (χ0v) is 12.6. The van der Waals surface area contributed by atoms with E-state index in [1.54, 1.807) is 0 Å². The molecular weight excluding hydrogens is 280 g/mol. The number of hydrogen-bond donors (Lipinski definition) is 1. The lowest BCUT2D eigenvalue weighted by Gasteiger charge is -2.12. The van der Waals surface area contributed by atoms with Crippen LogP contribution >= 0.6 is 0 Å². The summed E-state index contributed by atoms with van der Waals surface area (Å²) in [6, 6.07) is 8.03. The molecule has 0 fully saturated rings. The van der Waals surface area contributed by atoms with Gasteiger partial charge in [0.25, 0.3) is 0 Å². The molecule has 0 radical (unpaired) electrons. The summed E-state index contributed by atoms with van der Waals surface area (Å²) < 4.78 is 7.20. The third-order valence-corrected chi connectivity index (χ3v) is 3.71. The average molecular weight is 298 g/mol. The number of fused-ring (bicyclic) bond motifs is 1. The maximum absolute atomic E-state index is 12.1. The molecule has 0 saturated heterocycles. The van der Waals surface area contributed by atoms with Crippen molar-refractivity contribution in [2.24, 2.45) is 0 Å². The van der Waals surface area contributed by atoms with Crippen LogP contribution in [0.2, 0.25) is 0 Å². The predicted octanol–water partition coefficient (Wildman–Crippen LogP) is 2.61. The molecule has 114 valence electrons. The van der Waals surface area contributed by atoms with E-state index in [2.05, 4.69) is 15.5 Å². The number of carbonyl (C=O) groups is 1. The van der Waals surface area contributed by atoms with Crippen molar-refractivity contribution >= 4 is 16.8 Å². The zero-order chi connectivity index (χ0) is 15.5. The Bertz CT molecular complexity index is 777. The molecule has 3 rings (SSSR count). The van der Waals surface area contributed by atoms with E-state index in [4.69, 9.17) is 4.42 Å². The maximum Gasteiger partial charge on any atom is 0.249 e. The van der Waals surface area contributed by atoms with Crippen LogP contribution in [0.1, 0.15) is 20.3 Å². The van der Waals surface area contributed by atoms with Crippen LogP contribution in [-0.4, -0.2) is 26.7 Å². The summed E-state index contributed by atoms with van der Waals surface area (Å²) in [5.41, 5.74) is 1.81. The number of aromatic nitrogens is 3. The van der Waals surface area contributed by atoms with Gasteiger partial charge in [-0.1, -0.05) is 25.1 Å². The normalized spacial score (nSPS) is 12.5. The molecule has 0 spiro atoms. The van der Waals surface area contributed by atoms with Gasteiger partial charge < -0.3 is 14.3 Å². The highest BCUT2D eigenvalue weighted by Crippen LogP contribution is 2.29. The molecule has 0 aliphatic carbocycles. The number of nitrogens with one attached hydrogen (secondary N) is 1. The van der Waals surface area contributed by atoms with E-state index in [0.29, 0.717) is 5.89 Å². The van der Waals surface area contributed by atoms with Crippen LogP contribution < -0.4 is 5.32 Å². The fourth-order valence-corrected chi connectivity index (χ4v) is 2.42. The number of nitrogens with zero attached hydrogens (tertiary/aromatic N) is 3. The molecule has 1 N–H and O–H groups in total. The Morgan fingerprint density at radius 2 is 2.23 bits per heavy atom. The van der Waals surface area contributed by atoms with Crippen molar-refractivity contribution in [3.8, 4) is 11.5 Å². The summed E-state index contributed by atoms with van der Waals surface area (Å²) in [7, 11) is 0. The highest BCUT2D eigenvalue weighted by atomic mass is 16.4. The maximum atomic E-state index is 12.1. The van der Waals surface area contributed by atoms with Crippen LogP contribution in [0.4, 0.5) is 0 Å². The van der Waals surface area contributed by atoms with Gasteiger partial charge in [0.15, 0.2) is 0 Å². The quantitative estimate of drug-likeness (QED) is 0.786. The zero-order valence-electron chi connectivity index (χ0n) is 12.6. The monoisotopic (exact) mass is 298 g/mol. The van der Waals surface area contributed by atoms with E-state index in [1.165, 1.54) is 6.39 Å². The molecule has 1 unspecified atom stereocenters. The van der Waals surface area contributed by atoms with Crippen LogP contribution in [0, 0.1) is 0 Å². The summed E-state index contributed by atoms with van der Waals surface area (Å²) in [6.07, 6.45) is 4.09. The van der Waals surface area contributed by atoms with Crippen molar-refractivity contribution in [2.75, 3.05) is 0 Å². The highest BCUT2D eigenvalue weighted by Gasteiger charge is 2.15. The van der Waals surface area contributed by atoms with Crippen LogP contribution in [0.3, 0.4) is 0 Å². The van der Waals surface area contributed by atoms with Gasteiger partial charge in [-0.25, -0.2) is 0 Å². The number of carbonyl (C=O) groups excluding carboxylic acids is 1. The number of amides is 1. The van der Waals surface area contributed by atoms with Crippen molar-refractivity contribution < 1.29 is 9.21 Å². The van der Waals surface area contributed by atoms with Crippen LogP contribution in [0.15, 0.2) is 41.3 Å². The standard InChI is InChI=1S/C16H18N4O2/c1-3-11(2)18-15(21)9-20-8-13(16-19-17-10-22-16)12-6-4-5-7-14(12)20/h4-8,10-11H,3,9H2,1-2H3,(H,18,21). The number of hydrogen-bond acceptors (Lipinski definition) is 4. The smallest absolute Gasteiger partial charge is 0.249 e. The first kappa shape index (κ1) is 14.3. The molecule has 6 heteroatoms. The Balaban J connectivity index is 1.95. The molecule has 0 aliphatic rings. The molecule has 3 aromatic rings. The molecule has 0 aliphatic heterocycles. The van der Waals surface area contributed by atoms with Crippen LogP contribution in [0.25, 0.3) is 22.4 Å². The minimum Gasteiger partial charge on any atom is -0.423 e. The molecule has 0 bridgehead atoms. The number of para-hydroxylation sites is 1. The average Bonchev–Trinajstić information content (AvgIpc) is 3.15. The Hall–Kier alpha value is -2.63. The summed E-state index contributed by atoms with van der Waals surface area (Å²) in [6.45, 7) is 4.30. The predicted molar refractivity (Wildman–Crippen MR) is 83.1 cm³/mol. The molecule has 2 heterocycles. The second-order valence-electron chi connectivity index (χ2n) is 5.31. The second-order valence-corrected chi connectivity index (χ2v) is 5.31. The Morgan fingerprint density at radius 3 is 2.95 bits per heavy atom. The van der Waals surface area contributed by atoms with E-state index in [-0.39, 0.29) is 18.5 Å². The molecule has 0 saturated carbocycles. The van der Waals surface area contributed by atoms with Crippen molar-refractivity contribution in [1.29, 1.82) is 0 Å². The molecule has 6 nitrogen and oxygen atoms in total. The third-order valence-electron chi connectivity index (χ3n) is 3.71. The summed E-state index contributed by atoms with van der Waals surface area (Å²) >= 11 is 0. The van der Waals surface area contributed by atoms with Crippen molar-refractivity contribution in [3.05, 3.63) is 36.9 Å². The van der Waals surface area contributed by atoms with Crippen molar-refractivity contribution in [1.82, 2.24) is 20.1 Å². The largest absolute Gasteiger partial charge is 0.423 e. The number of rotatable bonds is 5. The van der Waals surface area contributed by atoms with Crippen molar-refractivity contribution in [2.45, 2.75) is 32.9 Å². The fourth-order valence-electron chi connectivity index (χ4n) is 2.42. The van der Waals surface area contributed by atoms with Gasteiger partial charge in [-0.15, -0.1) is 10.2 Å². The minimum atomic E-state index is -0.00724. The summed E-state index contributed by atoms with van der Waals surface area (Å²) in [5, 5.41) is 11.6. The molecule has 22 heavy (non-hydrogen) atoms. The fraction of sp³-hybridized carbons (Fsp3) is 0.312. The van der Waals surface area contributed by atoms with E-state index in [9.17, 15) is 4.79 Å². The summed E-state index contributed by atoms with van der Waals surface area (Å²) in [4.78, 5) is 12.1. The van der Waals surface area contributed by atoms with E-state index >= 15 is 0 Å². The third kappa shape index (κ3) is 2.72. The lowest BCUT2D eigenvalue weighted by molar-refractivity contribution is -0.122. The van der Waals surface area contributed by atoms with Crippen LogP contribution in [0.5, 0.6) is 0 Å². The lowest BCUT2D eigenvalue weighted by atomic mass is 10.2. The minimum absolute atomic E-state index is 0.00724. The topological polar surface area (TPSA) is 73.0 Å². The summed E-state index contributed by atoms with van der Waals surface area (Å²) in [5.74, 6) is 0.449. The first-order valence-electron chi connectivity index (χ1n) is 7.32. The first-order chi connectivity index (χ1) is 10.7. The molecule has 2 aromatic heterocycles. The van der Waals surface area contributed by atoms with Gasteiger partial charge in [0, 0.05) is 23.1 Å². The molecule has 1 atom stereocenters. The Kier molecular flexibility index (Phi) is 3.91. The van der Waals surface area contributed by atoms with Gasteiger partial charge in [0.1, 0.15) is 6.54 Å². The first-order valence-corrected chi connectivity index (χ1v) is 7.32. The van der Waals surface area contributed by atoms with Gasteiger partial charge in [0.2, 0.25) is 18.2 Å². The SMILES string of the molecule is CCC(C)NC(=O)Cn1cc(-c2nnco2)c2ccccc21. The molecule has 1 aromatic carbocycles. The highest BCUT2D eigenvalue weighted by molar-refractivity contribution is 5.94. The van der Waals surface area contributed by atoms with Gasteiger partial charge in [-0.3, -0.25) is 4.79 Å². The molecular formula is C16H18N4O2. The van der Waals surface area contributed by atoms with Crippen LogP contribution in [-0.2, 0) is 11.3 Å². The van der Waals surface area contributed by atoms with E-state index < -0.39 is 0 Å². The van der Waals surface area contributed by atoms with Gasteiger partial charge >= 0.3 is 0 Å². The second kappa shape index (κ2) is 6.01.